The van der Waals surface area contributed by atoms with Crippen LogP contribution in [0, 0.1) is 6.92 Å². The molecule has 0 aromatic carbocycles. The van der Waals surface area contributed by atoms with E-state index in [1.807, 2.05) is 6.20 Å². The molecule has 0 bridgehead atoms. The predicted octanol–water partition coefficient (Wildman–Crippen LogP) is 1.76. The Morgan fingerprint density at radius 3 is 3.06 bits per heavy atom. The molecule has 17 heavy (non-hydrogen) atoms. The van der Waals surface area contributed by atoms with E-state index in [0.29, 0.717) is 0 Å². The van der Waals surface area contributed by atoms with Gasteiger partial charge in [-0.3, -0.25) is 0 Å². The lowest BCUT2D eigenvalue weighted by Gasteiger charge is -2.28. The Bertz CT molecular complexity index is 551. The molecule has 0 atom stereocenters. The molecule has 0 radical (unpaired) electrons. The molecule has 0 saturated heterocycles. The van der Waals surface area contributed by atoms with Gasteiger partial charge >= 0.3 is 0 Å². The van der Waals surface area contributed by atoms with Crippen LogP contribution >= 0.6 is 15.9 Å². The molecule has 1 aliphatic rings. The second-order valence-electron chi connectivity index (χ2n) is 4.15. The maximum absolute atomic E-state index is 4.44. The largest absolute Gasteiger partial charge is 0.347 e. The number of rotatable bonds is 1. The van der Waals surface area contributed by atoms with E-state index in [0.717, 1.165) is 35.7 Å². The Balaban J connectivity index is 1.89. The summed E-state index contributed by atoms with van der Waals surface area (Å²) in [6.45, 7) is 4.70. The fourth-order valence-electron chi connectivity index (χ4n) is 1.96. The van der Waals surface area contributed by atoms with E-state index in [9.17, 15) is 0 Å². The summed E-state index contributed by atoms with van der Waals surface area (Å²) in [5, 5.41) is 8.03. The van der Waals surface area contributed by atoms with Crippen molar-refractivity contribution in [3.05, 3.63) is 34.5 Å². The third-order valence-corrected chi connectivity index (χ3v) is 3.83. The SMILES string of the molecule is Cc1cc(N2CCn3cnnc3C2)ncc1Br. The van der Waals surface area contributed by atoms with Gasteiger partial charge in [0.15, 0.2) is 5.82 Å². The predicted molar refractivity (Wildman–Crippen MR) is 67.7 cm³/mol. The summed E-state index contributed by atoms with van der Waals surface area (Å²) in [5.41, 5.74) is 1.20. The summed E-state index contributed by atoms with van der Waals surface area (Å²) in [7, 11) is 0. The van der Waals surface area contributed by atoms with Crippen LogP contribution < -0.4 is 4.90 Å². The average Bonchev–Trinajstić information content (AvgIpc) is 2.79. The number of aryl methyl sites for hydroxylation is 1. The van der Waals surface area contributed by atoms with Crippen LogP contribution in [0.1, 0.15) is 11.4 Å². The Labute approximate surface area is 108 Å². The summed E-state index contributed by atoms with van der Waals surface area (Å²) in [6.07, 6.45) is 3.64. The molecule has 88 valence electrons. The molecule has 3 rings (SSSR count). The molecule has 6 heteroatoms. The molecule has 0 N–H and O–H groups in total. The highest BCUT2D eigenvalue weighted by Crippen LogP contribution is 2.22. The molecule has 0 unspecified atom stereocenters. The summed E-state index contributed by atoms with van der Waals surface area (Å²) in [4.78, 5) is 6.67. The van der Waals surface area contributed by atoms with Crippen LogP contribution in [0.25, 0.3) is 0 Å². The maximum Gasteiger partial charge on any atom is 0.152 e. The zero-order valence-electron chi connectivity index (χ0n) is 9.47. The highest BCUT2D eigenvalue weighted by atomic mass is 79.9. The van der Waals surface area contributed by atoms with Crippen molar-refractivity contribution >= 4 is 21.7 Å². The standard InChI is InChI=1S/C11H12BrN5/c1-8-4-10(13-5-9(8)12)16-2-3-17-7-14-15-11(17)6-16/h4-5,7H,2-3,6H2,1H3. The van der Waals surface area contributed by atoms with Crippen molar-refractivity contribution in [1.82, 2.24) is 19.7 Å². The fraction of sp³-hybridized carbons (Fsp3) is 0.364. The van der Waals surface area contributed by atoms with Crippen LogP contribution in [0.5, 0.6) is 0 Å². The lowest BCUT2D eigenvalue weighted by Crippen LogP contribution is -2.34. The van der Waals surface area contributed by atoms with Gasteiger partial charge < -0.3 is 9.47 Å². The summed E-state index contributed by atoms with van der Waals surface area (Å²) in [5.74, 6) is 2.00. The van der Waals surface area contributed by atoms with Crippen molar-refractivity contribution in [3.8, 4) is 0 Å². The monoisotopic (exact) mass is 293 g/mol. The average molecular weight is 294 g/mol. The van der Waals surface area contributed by atoms with E-state index in [1.165, 1.54) is 5.56 Å². The summed E-state index contributed by atoms with van der Waals surface area (Å²) >= 11 is 3.47. The fourth-order valence-corrected chi connectivity index (χ4v) is 2.18. The van der Waals surface area contributed by atoms with Crippen LogP contribution in [0.3, 0.4) is 0 Å². The summed E-state index contributed by atoms with van der Waals surface area (Å²) < 4.78 is 3.13. The molecule has 0 aliphatic carbocycles. The molecule has 2 aromatic rings. The van der Waals surface area contributed by atoms with Gasteiger partial charge in [-0.1, -0.05) is 0 Å². The van der Waals surface area contributed by atoms with Crippen molar-refractivity contribution in [2.45, 2.75) is 20.0 Å². The van der Waals surface area contributed by atoms with Gasteiger partial charge in [-0.2, -0.15) is 0 Å². The van der Waals surface area contributed by atoms with Crippen LogP contribution in [0.2, 0.25) is 0 Å². The minimum Gasteiger partial charge on any atom is -0.347 e. The van der Waals surface area contributed by atoms with Crippen LogP contribution in [0.15, 0.2) is 23.1 Å². The zero-order chi connectivity index (χ0) is 11.8. The van der Waals surface area contributed by atoms with E-state index < -0.39 is 0 Å². The van der Waals surface area contributed by atoms with E-state index in [-0.39, 0.29) is 0 Å². The highest BCUT2D eigenvalue weighted by molar-refractivity contribution is 9.10. The molecule has 3 heterocycles. The molecule has 0 fully saturated rings. The number of hydrogen-bond donors (Lipinski definition) is 0. The molecule has 0 spiro atoms. The summed E-state index contributed by atoms with van der Waals surface area (Å²) in [6, 6.07) is 2.09. The smallest absolute Gasteiger partial charge is 0.152 e. The minimum atomic E-state index is 0.772. The van der Waals surface area contributed by atoms with Crippen molar-refractivity contribution < 1.29 is 0 Å². The molecule has 0 saturated carbocycles. The van der Waals surface area contributed by atoms with Gasteiger partial charge in [-0.25, -0.2) is 4.98 Å². The van der Waals surface area contributed by atoms with Gasteiger partial charge in [0.05, 0.1) is 6.54 Å². The number of hydrogen-bond acceptors (Lipinski definition) is 4. The lowest BCUT2D eigenvalue weighted by atomic mass is 10.2. The first-order valence-electron chi connectivity index (χ1n) is 5.48. The van der Waals surface area contributed by atoms with Gasteiger partial charge in [-0.15, -0.1) is 10.2 Å². The van der Waals surface area contributed by atoms with Gasteiger partial charge in [0.2, 0.25) is 0 Å². The molecule has 2 aromatic heterocycles. The van der Waals surface area contributed by atoms with Crippen molar-refractivity contribution in [3.63, 3.8) is 0 Å². The quantitative estimate of drug-likeness (QED) is 0.804. The third-order valence-electron chi connectivity index (χ3n) is 3.00. The van der Waals surface area contributed by atoms with E-state index in [4.69, 9.17) is 0 Å². The van der Waals surface area contributed by atoms with E-state index >= 15 is 0 Å². The number of aromatic nitrogens is 4. The molecular formula is C11H12BrN5. The Morgan fingerprint density at radius 2 is 2.24 bits per heavy atom. The van der Waals surface area contributed by atoms with Gasteiger partial charge in [0.25, 0.3) is 0 Å². The zero-order valence-corrected chi connectivity index (χ0v) is 11.1. The van der Waals surface area contributed by atoms with Crippen LogP contribution in [-0.2, 0) is 13.1 Å². The third kappa shape index (κ3) is 1.93. The van der Waals surface area contributed by atoms with E-state index in [1.54, 1.807) is 6.33 Å². The maximum atomic E-state index is 4.44. The van der Waals surface area contributed by atoms with Crippen molar-refractivity contribution in [2.75, 3.05) is 11.4 Å². The van der Waals surface area contributed by atoms with Gasteiger partial charge in [-0.05, 0) is 34.5 Å². The lowest BCUT2D eigenvalue weighted by molar-refractivity contribution is 0.556. The highest BCUT2D eigenvalue weighted by Gasteiger charge is 2.18. The minimum absolute atomic E-state index is 0.772. The van der Waals surface area contributed by atoms with Crippen molar-refractivity contribution in [2.24, 2.45) is 0 Å². The number of fused-ring (bicyclic) bond motifs is 1. The van der Waals surface area contributed by atoms with E-state index in [2.05, 4.69) is 53.6 Å². The number of anilines is 1. The van der Waals surface area contributed by atoms with Crippen LogP contribution in [-0.4, -0.2) is 26.3 Å². The number of halogens is 1. The normalized spacial score (nSPS) is 14.8. The van der Waals surface area contributed by atoms with Gasteiger partial charge in [0.1, 0.15) is 12.1 Å². The first-order chi connectivity index (χ1) is 8.24. The molecule has 1 aliphatic heterocycles. The van der Waals surface area contributed by atoms with Gasteiger partial charge in [0, 0.05) is 23.8 Å². The first kappa shape index (κ1) is 10.7. The topological polar surface area (TPSA) is 46.8 Å². The first-order valence-corrected chi connectivity index (χ1v) is 6.27. The second-order valence-corrected chi connectivity index (χ2v) is 5.01. The Kier molecular flexibility index (Phi) is 2.58. The van der Waals surface area contributed by atoms with Crippen LogP contribution in [0.4, 0.5) is 5.82 Å². The molecule has 5 nitrogen and oxygen atoms in total. The molecular weight excluding hydrogens is 282 g/mol. The second kappa shape index (κ2) is 4.10. The molecule has 0 amide bonds. The Morgan fingerprint density at radius 1 is 1.35 bits per heavy atom. The number of pyridine rings is 1. The Hall–Kier alpha value is -1.43. The number of nitrogens with zero attached hydrogens (tertiary/aromatic N) is 5. The van der Waals surface area contributed by atoms with Crippen molar-refractivity contribution in [1.29, 1.82) is 0 Å².